The number of rotatable bonds is 7. The van der Waals surface area contributed by atoms with Crippen molar-refractivity contribution in [2.24, 2.45) is 0 Å². The van der Waals surface area contributed by atoms with E-state index >= 15 is 0 Å². The molecular formula is C29H31F2N5O3. The minimum atomic E-state index is -0.479. The fraction of sp³-hybridized carbons (Fsp3) is 0.276. The molecule has 0 saturated carbocycles. The second-order valence-corrected chi connectivity index (χ2v) is 9.51. The highest BCUT2D eigenvalue weighted by molar-refractivity contribution is 5.99. The zero-order chi connectivity index (χ0) is 27.9. The second kappa shape index (κ2) is 12.4. The predicted molar refractivity (Wildman–Crippen MR) is 147 cm³/mol. The first-order chi connectivity index (χ1) is 18.7. The number of urea groups is 1. The van der Waals surface area contributed by atoms with E-state index in [2.05, 4.69) is 15.5 Å². The number of para-hydroxylation sites is 1. The summed E-state index contributed by atoms with van der Waals surface area (Å²) in [6.07, 6.45) is 0. The molecule has 3 aromatic rings. The van der Waals surface area contributed by atoms with Gasteiger partial charge in [-0.25, -0.2) is 13.6 Å². The number of piperazine rings is 1. The highest BCUT2D eigenvalue weighted by Gasteiger charge is 2.23. The number of anilines is 3. The fourth-order valence-electron chi connectivity index (χ4n) is 4.28. The van der Waals surface area contributed by atoms with Crippen molar-refractivity contribution in [1.82, 2.24) is 9.80 Å². The summed E-state index contributed by atoms with van der Waals surface area (Å²) in [7, 11) is 0. The Morgan fingerprint density at radius 3 is 2.10 bits per heavy atom. The molecule has 0 spiro atoms. The van der Waals surface area contributed by atoms with Crippen LogP contribution in [0.3, 0.4) is 0 Å². The van der Waals surface area contributed by atoms with E-state index in [1.807, 2.05) is 26.0 Å². The number of halogens is 2. The lowest BCUT2D eigenvalue weighted by molar-refractivity contribution is -0.117. The van der Waals surface area contributed by atoms with Crippen LogP contribution in [0.1, 0.15) is 24.2 Å². The summed E-state index contributed by atoms with van der Waals surface area (Å²) in [5.74, 6) is -1.61. The Kier molecular flexibility index (Phi) is 8.75. The molecule has 0 radical (unpaired) electrons. The van der Waals surface area contributed by atoms with E-state index in [-0.39, 0.29) is 36.1 Å². The smallest absolute Gasteiger partial charge is 0.322 e. The standard InChI is InChI=1S/C29H31F2N5O3/c1-20(2)36(28(38)21-7-9-22(30)10-8-21)19-27(37)32-23-11-13-24(14-12-23)34-15-17-35(18-16-34)29(39)33-26-6-4-3-5-25(26)31/h3-14,20H,15-19H2,1-2H3,(H,32,37)(H,33,39). The molecule has 0 aromatic heterocycles. The molecule has 1 fully saturated rings. The number of benzene rings is 3. The van der Waals surface area contributed by atoms with Crippen molar-refractivity contribution in [3.05, 3.63) is 90.0 Å². The molecule has 0 atom stereocenters. The van der Waals surface area contributed by atoms with Crippen LogP contribution in [0, 0.1) is 11.6 Å². The third kappa shape index (κ3) is 7.10. The Hall–Kier alpha value is -4.47. The van der Waals surface area contributed by atoms with Crippen LogP contribution in [0.2, 0.25) is 0 Å². The van der Waals surface area contributed by atoms with Crippen molar-refractivity contribution in [3.63, 3.8) is 0 Å². The summed E-state index contributed by atoms with van der Waals surface area (Å²) in [4.78, 5) is 43.3. The minimum absolute atomic E-state index is 0.146. The van der Waals surface area contributed by atoms with Gasteiger partial charge in [0.2, 0.25) is 5.91 Å². The van der Waals surface area contributed by atoms with E-state index in [1.165, 1.54) is 41.3 Å². The average Bonchev–Trinajstić information content (AvgIpc) is 2.93. The van der Waals surface area contributed by atoms with Gasteiger partial charge in [0.1, 0.15) is 18.2 Å². The molecular weight excluding hydrogens is 504 g/mol. The van der Waals surface area contributed by atoms with Crippen molar-refractivity contribution in [2.45, 2.75) is 19.9 Å². The lowest BCUT2D eigenvalue weighted by atomic mass is 10.1. The summed E-state index contributed by atoms with van der Waals surface area (Å²) in [5, 5.41) is 5.43. The minimum Gasteiger partial charge on any atom is -0.368 e. The molecule has 1 heterocycles. The van der Waals surface area contributed by atoms with Crippen LogP contribution < -0.4 is 15.5 Å². The van der Waals surface area contributed by atoms with Crippen LogP contribution in [-0.4, -0.2) is 66.4 Å². The van der Waals surface area contributed by atoms with Gasteiger partial charge >= 0.3 is 6.03 Å². The van der Waals surface area contributed by atoms with Gasteiger partial charge < -0.3 is 25.3 Å². The Morgan fingerprint density at radius 2 is 1.49 bits per heavy atom. The highest BCUT2D eigenvalue weighted by atomic mass is 19.1. The van der Waals surface area contributed by atoms with E-state index in [0.717, 1.165) is 5.69 Å². The largest absolute Gasteiger partial charge is 0.368 e. The number of amides is 4. The van der Waals surface area contributed by atoms with Crippen molar-refractivity contribution in [1.29, 1.82) is 0 Å². The van der Waals surface area contributed by atoms with Gasteiger partial charge in [-0.05, 0) is 74.5 Å². The highest BCUT2D eigenvalue weighted by Crippen LogP contribution is 2.21. The maximum absolute atomic E-state index is 13.8. The van der Waals surface area contributed by atoms with Gasteiger partial charge in [-0.15, -0.1) is 0 Å². The lowest BCUT2D eigenvalue weighted by Crippen LogP contribution is -2.50. The van der Waals surface area contributed by atoms with E-state index in [1.54, 1.807) is 29.2 Å². The third-order valence-electron chi connectivity index (χ3n) is 6.49. The summed E-state index contributed by atoms with van der Waals surface area (Å²) >= 11 is 0. The van der Waals surface area contributed by atoms with Gasteiger partial charge in [0, 0.05) is 49.2 Å². The Bertz CT molecular complexity index is 1310. The molecule has 1 saturated heterocycles. The van der Waals surface area contributed by atoms with E-state index in [4.69, 9.17) is 0 Å². The zero-order valence-corrected chi connectivity index (χ0v) is 21.9. The number of hydrogen-bond acceptors (Lipinski definition) is 4. The molecule has 0 aliphatic carbocycles. The maximum atomic E-state index is 13.8. The number of nitrogens with zero attached hydrogens (tertiary/aromatic N) is 3. The first-order valence-electron chi connectivity index (χ1n) is 12.7. The monoisotopic (exact) mass is 535 g/mol. The molecule has 4 rings (SSSR count). The number of hydrogen-bond donors (Lipinski definition) is 2. The van der Waals surface area contributed by atoms with Crippen molar-refractivity contribution < 1.29 is 23.2 Å². The average molecular weight is 536 g/mol. The van der Waals surface area contributed by atoms with Crippen molar-refractivity contribution in [2.75, 3.05) is 48.3 Å². The normalized spacial score (nSPS) is 13.3. The molecule has 39 heavy (non-hydrogen) atoms. The van der Waals surface area contributed by atoms with Crippen LogP contribution in [0.4, 0.5) is 30.6 Å². The van der Waals surface area contributed by atoms with E-state index in [0.29, 0.717) is 37.4 Å². The van der Waals surface area contributed by atoms with E-state index in [9.17, 15) is 23.2 Å². The van der Waals surface area contributed by atoms with Gasteiger partial charge in [-0.2, -0.15) is 0 Å². The first kappa shape index (κ1) is 27.6. The fourth-order valence-corrected chi connectivity index (χ4v) is 4.28. The van der Waals surface area contributed by atoms with Crippen molar-refractivity contribution >= 4 is 34.9 Å². The summed E-state index contributed by atoms with van der Waals surface area (Å²) in [6.45, 7) is 5.64. The molecule has 204 valence electrons. The van der Waals surface area contributed by atoms with E-state index < -0.39 is 11.6 Å². The molecule has 8 nitrogen and oxygen atoms in total. The Labute approximate surface area is 226 Å². The van der Waals surface area contributed by atoms with Gasteiger partial charge in [-0.1, -0.05) is 12.1 Å². The molecule has 2 N–H and O–H groups in total. The molecule has 1 aliphatic rings. The number of nitrogens with one attached hydrogen (secondary N) is 2. The molecule has 4 amide bonds. The van der Waals surface area contributed by atoms with Gasteiger partial charge in [0.05, 0.1) is 5.69 Å². The number of carbonyl (C=O) groups excluding carboxylic acids is 3. The van der Waals surface area contributed by atoms with Crippen molar-refractivity contribution in [3.8, 4) is 0 Å². The van der Waals surface area contributed by atoms with Crippen LogP contribution >= 0.6 is 0 Å². The van der Waals surface area contributed by atoms with Gasteiger partial charge in [-0.3, -0.25) is 9.59 Å². The maximum Gasteiger partial charge on any atom is 0.322 e. The lowest BCUT2D eigenvalue weighted by Gasteiger charge is -2.36. The second-order valence-electron chi connectivity index (χ2n) is 9.51. The quantitative estimate of drug-likeness (QED) is 0.455. The summed E-state index contributed by atoms with van der Waals surface area (Å²) in [5.41, 5.74) is 1.99. The first-order valence-corrected chi connectivity index (χ1v) is 12.7. The predicted octanol–water partition coefficient (Wildman–Crippen LogP) is 4.81. The third-order valence-corrected chi connectivity index (χ3v) is 6.49. The van der Waals surface area contributed by atoms with Crippen LogP contribution in [0.15, 0.2) is 72.8 Å². The van der Waals surface area contributed by atoms with Crippen LogP contribution in [0.25, 0.3) is 0 Å². The SMILES string of the molecule is CC(C)N(CC(=O)Nc1ccc(N2CCN(C(=O)Nc3ccccc3F)CC2)cc1)C(=O)c1ccc(F)cc1. The zero-order valence-electron chi connectivity index (χ0n) is 21.9. The molecule has 10 heteroatoms. The molecule has 0 bridgehead atoms. The Morgan fingerprint density at radius 1 is 0.846 bits per heavy atom. The van der Waals surface area contributed by atoms with Gasteiger partial charge in [0.15, 0.2) is 0 Å². The topological polar surface area (TPSA) is 85.0 Å². The van der Waals surface area contributed by atoms with Crippen LogP contribution in [-0.2, 0) is 4.79 Å². The molecule has 3 aromatic carbocycles. The summed E-state index contributed by atoms with van der Waals surface area (Å²) < 4.78 is 27.1. The molecule has 1 aliphatic heterocycles. The number of carbonyl (C=O) groups is 3. The van der Waals surface area contributed by atoms with Crippen LogP contribution in [0.5, 0.6) is 0 Å². The van der Waals surface area contributed by atoms with Gasteiger partial charge in [0.25, 0.3) is 5.91 Å². The molecule has 0 unspecified atom stereocenters. The summed E-state index contributed by atoms with van der Waals surface area (Å²) in [6, 6.07) is 18.0. The Balaban J connectivity index is 1.28.